The van der Waals surface area contributed by atoms with Gasteiger partial charge in [0.05, 0.1) is 5.56 Å². The molecular weight excluding hydrogens is 340 g/mol. The van der Waals surface area contributed by atoms with Crippen LogP contribution in [0.2, 0.25) is 0 Å². The molecule has 1 amide bonds. The van der Waals surface area contributed by atoms with Gasteiger partial charge in [-0.2, -0.15) is 13.2 Å². The summed E-state index contributed by atoms with van der Waals surface area (Å²) in [6.07, 6.45) is -4.87. The van der Waals surface area contributed by atoms with Crippen LogP contribution in [0.25, 0.3) is 0 Å². The predicted octanol–water partition coefficient (Wildman–Crippen LogP) is 4.12. The standard InChI is InChI=1S/C17H22F4N2O2/c1-10(22-15(24)25-16(2,3)4)9-23-6-5-11-7-13(18)12(8-14(11)23)17(19,20)21/h7-8,10H,5-6,9H2,1-4H3,(H,22,24). The van der Waals surface area contributed by atoms with Crippen LogP contribution in [-0.2, 0) is 17.3 Å². The van der Waals surface area contributed by atoms with Crippen molar-refractivity contribution < 1.29 is 27.1 Å². The van der Waals surface area contributed by atoms with E-state index in [4.69, 9.17) is 4.74 Å². The van der Waals surface area contributed by atoms with Gasteiger partial charge in [0.15, 0.2) is 0 Å². The molecular formula is C17H22F4N2O2. The Morgan fingerprint density at radius 1 is 1.32 bits per heavy atom. The van der Waals surface area contributed by atoms with Crippen LogP contribution in [0.1, 0.15) is 38.8 Å². The van der Waals surface area contributed by atoms with Gasteiger partial charge in [-0.15, -0.1) is 0 Å². The zero-order valence-corrected chi connectivity index (χ0v) is 14.6. The number of halogens is 4. The van der Waals surface area contributed by atoms with Gasteiger partial charge in [0, 0.05) is 24.8 Å². The van der Waals surface area contributed by atoms with E-state index in [-0.39, 0.29) is 6.04 Å². The molecule has 1 aliphatic rings. The Hall–Kier alpha value is -1.99. The summed E-state index contributed by atoms with van der Waals surface area (Å²) >= 11 is 0. The number of carbonyl (C=O) groups is 1. The van der Waals surface area contributed by atoms with Gasteiger partial charge in [-0.1, -0.05) is 0 Å². The minimum Gasteiger partial charge on any atom is -0.444 e. The number of alkyl carbamates (subject to hydrolysis) is 1. The van der Waals surface area contributed by atoms with E-state index in [2.05, 4.69) is 5.32 Å². The fraction of sp³-hybridized carbons (Fsp3) is 0.588. The molecule has 1 unspecified atom stereocenters. The summed E-state index contributed by atoms with van der Waals surface area (Å²) in [7, 11) is 0. The van der Waals surface area contributed by atoms with Gasteiger partial charge in [-0.3, -0.25) is 0 Å². The minimum absolute atomic E-state index is 0.301. The van der Waals surface area contributed by atoms with Crippen LogP contribution in [0.4, 0.5) is 28.0 Å². The first kappa shape index (κ1) is 19.3. The van der Waals surface area contributed by atoms with E-state index in [0.29, 0.717) is 30.8 Å². The molecule has 4 nitrogen and oxygen atoms in total. The highest BCUT2D eigenvalue weighted by atomic mass is 19.4. The molecule has 0 saturated heterocycles. The second kappa shape index (κ2) is 6.72. The second-order valence-corrected chi connectivity index (χ2v) is 7.20. The van der Waals surface area contributed by atoms with E-state index < -0.39 is 29.3 Å². The first-order valence-electron chi connectivity index (χ1n) is 8.01. The number of hydrogen-bond acceptors (Lipinski definition) is 3. The van der Waals surface area contributed by atoms with Crippen LogP contribution in [-0.4, -0.2) is 30.8 Å². The third-order valence-corrected chi connectivity index (χ3v) is 3.72. The molecule has 1 aliphatic heterocycles. The lowest BCUT2D eigenvalue weighted by Gasteiger charge is -2.26. The quantitative estimate of drug-likeness (QED) is 0.823. The summed E-state index contributed by atoms with van der Waals surface area (Å²) < 4.78 is 57.5. The number of benzene rings is 1. The minimum atomic E-state index is -4.74. The third-order valence-electron chi connectivity index (χ3n) is 3.72. The number of fused-ring (bicyclic) bond motifs is 1. The van der Waals surface area contributed by atoms with Gasteiger partial charge in [-0.25, -0.2) is 9.18 Å². The Labute approximate surface area is 144 Å². The van der Waals surface area contributed by atoms with E-state index in [1.807, 2.05) is 0 Å². The Bertz CT molecular complexity index is 653. The van der Waals surface area contributed by atoms with Crippen molar-refractivity contribution in [1.82, 2.24) is 5.32 Å². The Morgan fingerprint density at radius 3 is 2.52 bits per heavy atom. The van der Waals surface area contributed by atoms with Crippen LogP contribution in [0.15, 0.2) is 12.1 Å². The summed E-state index contributed by atoms with van der Waals surface area (Å²) in [6.45, 7) is 7.71. The molecule has 1 N–H and O–H groups in total. The summed E-state index contributed by atoms with van der Waals surface area (Å²) in [4.78, 5) is 13.5. The van der Waals surface area contributed by atoms with Crippen molar-refractivity contribution in [3.63, 3.8) is 0 Å². The number of alkyl halides is 3. The number of amides is 1. The average molecular weight is 362 g/mol. The van der Waals surface area contributed by atoms with Gasteiger partial charge < -0.3 is 15.0 Å². The molecule has 1 aromatic carbocycles. The number of carbonyl (C=O) groups excluding carboxylic acids is 1. The second-order valence-electron chi connectivity index (χ2n) is 7.20. The fourth-order valence-electron chi connectivity index (χ4n) is 2.77. The van der Waals surface area contributed by atoms with Crippen molar-refractivity contribution >= 4 is 11.8 Å². The van der Waals surface area contributed by atoms with Crippen molar-refractivity contribution in [1.29, 1.82) is 0 Å². The van der Waals surface area contributed by atoms with Crippen molar-refractivity contribution in [3.05, 3.63) is 29.1 Å². The molecule has 0 aliphatic carbocycles. The summed E-state index contributed by atoms with van der Waals surface area (Å²) in [5.74, 6) is -1.26. The van der Waals surface area contributed by atoms with E-state index in [1.165, 1.54) is 0 Å². The molecule has 1 aromatic rings. The SMILES string of the molecule is CC(CN1CCc2cc(F)c(C(F)(F)F)cc21)NC(=O)OC(C)(C)C. The zero-order chi connectivity index (χ0) is 19.0. The van der Waals surface area contributed by atoms with Gasteiger partial charge in [0.1, 0.15) is 11.4 Å². The van der Waals surface area contributed by atoms with E-state index in [9.17, 15) is 22.4 Å². The third kappa shape index (κ3) is 4.99. The van der Waals surface area contributed by atoms with Crippen LogP contribution in [0, 0.1) is 5.82 Å². The van der Waals surface area contributed by atoms with E-state index in [0.717, 1.165) is 12.1 Å². The summed E-state index contributed by atoms with van der Waals surface area (Å²) in [6, 6.07) is 1.45. The first-order valence-corrected chi connectivity index (χ1v) is 8.01. The van der Waals surface area contributed by atoms with Crippen LogP contribution < -0.4 is 10.2 Å². The Morgan fingerprint density at radius 2 is 1.96 bits per heavy atom. The van der Waals surface area contributed by atoms with Gasteiger partial charge >= 0.3 is 12.3 Å². The monoisotopic (exact) mass is 362 g/mol. The maximum absolute atomic E-state index is 13.6. The number of rotatable bonds is 3. The van der Waals surface area contributed by atoms with Crippen LogP contribution in [0.5, 0.6) is 0 Å². The number of ether oxygens (including phenoxy) is 1. The predicted molar refractivity (Wildman–Crippen MR) is 86.2 cm³/mol. The molecule has 0 radical (unpaired) electrons. The molecule has 1 atom stereocenters. The smallest absolute Gasteiger partial charge is 0.419 e. The molecule has 0 saturated carbocycles. The maximum Gasteiger partial charge on any atom is 0.419 e. The lowest BCUT2D eigenvalue weighted by atomic mass is 10.1. The topological polar surface area (TPSA) is 41.6 Å². The Balaban J connectivity index is 2.08. The van der Waals surface area contributed by atoms with Gasteiger partial charge in [-0.05, 0) is 51.8 Å². The van der Waals surface area contributed by atoms with Crippen molar-refractivity contribution in [2.75, 3.05) is 18.0 Å². The number of anilines is 1. The number of hydrogen-bond donors (Lipinski definition) is 1. The molecule has 0 fully saturated rings. The van der Waals surface area contributed by atoms with Crippen molar-refractivity contribution in [2.45, 2.75) is 51.9 Å². The summed E-state index contributed by atoms with van der Waals surface area (Å²) in [5.41, 5.74) is -1.02. The zero-order valence-electron chi connectivity index (χ0n) is 14.6. The van der Waals surface area contributed by atoms with Crippen molar-refractivity contribution in [2.24, 2.45) is 0 Å². The maximum atomic E-state index is 13.6. The fourth-order valence-corrected chi connectivity index (χ4v) is 2.77. The molecule has 0 spiro atoms. The highest BCUT2D eigenvalue weighted by Gasteiger charge is 2.36. The largest absolute Gasteiger partial charge is 0.444 e. The van der Waals surface area contributed by atoms with Gasteiger partial charge in [0.2, 0.25) is 0 Å². The highest BCUT2D eigenvalue weighted by Crippen LogP contribution is 2.38. The van der Waals surface area contributed by atoms with E-state index >= 15 is 0 Å². The number of nitrogens with one attached hydrogen (secondary N) is 1. The molecule has 0 aromatic heterocycles. The molecule has 1 heterocycles. The molecule has 8 heteroatoms. The van der Waals surface area contributed by atoms with Crippen LogP contribution >= 0.6 is 0 Å². The Kier molecular flexibility index (Phi) is 5.20. The van der Waals surface area contributed by atoms with Gasteiger partial charge in [0.25, 0.3) is 0 Å². The first-order chi connectivity index (χ1) is 11.4. The number of nitrogens with zero attached hydrogens (tertiary/aromatic N) is 1. The summed E-state index contributed by atoms with van der Waals surface area (Å²) in [5, 5.41) is 2.65. The average Bonchev–Trinajstić information content (AvgIpc) is 2.76. The molecule has 0 bridgehead atoms. The van der Waals surface area contributed by atoms with Crippen LogP contribution in [0.3, 0.4) is 0 Å². The highest BCUT2D eigenvalue weighted by molar-refractivity contribution is 5.68. The lowest BCUT2D eigenvalue weighted by Crippen LogP contribution is -2.43. The molecule has 25 heavy (non-hydrogen) atoms. The normalized spacial score (nSPS) is 15.8. The van der Waals surface area contributed by atoms with Crippen molar-refractivity contribution in [3.8, 4) is 0 Å². The van der Waals surface area contributed by atoms with E-state index in [1.54, 1.807) is 32.6 Å². The lowest BCUT2D eigenvalue weighted by molar-refractivity contribution is -0.139. The molecule has 140 valence electrons. The molecule has 2 rings (SSSR count).